The monoisotopic (exact) mass is 336 g/mol. The third-order valence-corrected chi connectivity index (χ3v) is 2.91. The summed E-state index contributed by atoms with van der Waals surface area (Å²) < 4.78 is 44.3. The van der Waals surface area contributed by atoms with Crippen molar-refractivity contribution in [3.8, 4) is 11.9 Å². The van der Waals surface area contributed by atoms with Gasteiger partial charge in [0.2, 0.25) is 11.8 Å². The van der Waals surface area contributed by atoms with Gasteiger partial charge in [0.1, 0.15) is 11.6 Å². The number of hydrogen-bond acceptors (Lipinski definition) is 5. The van der Waals surface area contributed by atoms with Crippen LogP contribution in [0.5, 0.6) is 5.88 Å². The molecule has 1 heterocycles. The number of ether oxygens (including phenoxy) is 1. The van der Waals surface area contributed by atoms with E-state index in [2.05, 4.69) is 15.3 Å². The first-order valence-electron chi connectivity index (χ1n) is 7.14. The van der Waals surface area contributed by atoms with Gasteiger partial charge in [-0.1, -0.05) is 26.0 Å². The lowest BCUT2D eigenvalue weighted by Gasteiger charge is -2.15. The highest BCUT2D eigenvalue weighted by molar-refractivity contribution is 5.63. The molecule has 0 saturated carbocycles. The summed E-state index contributed by atoms with van der Waals surface area (Å²) in [4.78, 5) is 7.48. The molecule has 0 unspecified atom stereocenters. The summed E-state index contributed by atoms with van der Waals surface area (Å²) in [6, 6.07) is 8.51. The van der Waals surface area contributed by atoms with Gasteiger partial charge in [-0.05, 0) is 18.1 Å². The van der Waals surface area contributed by atoms with Crippen LogP contribution in [0.15, 0.2) is 30.5 Å². The van der Waals surface area contributed by atoms with Gasteiger partial charge in [-0.25, -0.2) is 4.98 Å². The average molecular weight is 336 g/mol. The second-order valence-electron chi connectivity index (χ2n) is 5.40. The van der Waals surface area contributed by atoms with Gasteiger partial charge >= 0.3 is 6.18 Å². The highest BCUT2D eigenvalue weighted by atomic mass is 19.4. The Morgan fingerprint density at radius 3 is 2.62 bits per heavy atom. The average Bonchev–Trinajstić information content (AvgIpc) is 2.52. The summed E-state index contributed by atoms with van der Waals surface area (Å²) >= 11 is 0. The molecule has 1 aromatic carbocycles. The van der Waals surface area contributed by atoms with Crippen molar-refractivity contribution in [2.24, 2.45) is 5.92 Å². The molecule has 0 aliphatic carbocycles. The van der Waals surface area contributed by atoms with E-state index in [0.29, 0.717) is 17.4 Å². The Hall–Kier alpha value is -2.82. The van der Waals surface area contributed by atoms with E-state index < -0.39 is 17.6 Å². The van der Waals surface area contributed by atoms with Crippen LogP contribution in [0.2, 0.25) is 0 Å². The fourth-order valence-corrected chi connectivity index (χ4v) is 1.79. The highest BCUT2D eigenvalue weighted by Crippen LogP contribution is 2.35. The molecule has 8 heteroatoms. The molecule has 0 bridgehead atoms. The first-order valence-corrected chi connectivity index (χ1v) is 7.14. The SMILES string of the molecule is CC(C)COc1nc(Nc2ccccc2C#N)ncc1C(F)(F)F. The zero-order chi connectivity index (χ0) is 17.7. The van der Waals surface area contributed by atoms with Crippen LogP contribution in [-0.4, -0.2) is 16.6 Å². The van der Waals surface area contributed by atoms with Crippen LogP contribution >= 0.6 is 0 Å². The van der Waals surface area contributed by atoms with Crippen molar-refractivity contribution in [2.75, 3.05) is 11.9 Å². The number of nitrogens with one attached hydrogen (secondary N) is 1. The minimum Gasteiger partial charge on any atom is -0.477 e. The van der Waals surface area contributed by atoms with Gasteiger partial charge in [-0.15, -0.1) is 0 Å². The number of nitriles is 1. The van der Waals surface area contributed by atoms with Crippen molar-refractivity contribution in [3.05, 3.63) is 41.6 Å². The molecular formula is C16H15F3N4O. The lowest BCUT2D eigenvalue weighted by Crippen LogP contribution is -2.14. The minimum atomic E-state index is -4.62. The first-order chi connectivity index (χ1) is 11.3. The fourth-order valence-electron chi connectivity index (χ4n) is 1.79. The third-order valence-electron chi connectivity index (χ3n) is 2.91. The van der Waals surface area contributed by atoms with Crippen LogP contribution in [0.3, 0.4) is 0 Å². The molecule has 0 spiro atoms. The highest BCUT2D eigenvalue weighted by Gasteiger charge is 2.36. The van der Waals surface area contributed by atoms with Gasteiger partial charge < -0.3 is 10.1 Å². The van der Waals surface area contributed by atoms with E-state index in [1.54, 1.807) is 24.3 Å². The number of para-hydroxylation sites is 1. The van der Waals surface area contributed by atoms with E-state index in [1.165, 1.54) is 0 Å². The Balaban J connectivity index is 2.35. The van der Waals surface area contributed by atoms with Crippen LogP contribution in [0.25, 0.3) is 0 Å². The summed E-state index contributed by atoms with van der Waals surface area (Å²) in [6.07, 6.45) is -3.95. The maximum absolute atomic E-state index is 13.0. The van der Waals surface area contributed by atoms with E-state index in [9.17, 15) is 13.2 Å². The summed E-state index contributed by atoms with van der Waals surface area (Å²) in [5.41, 5.74) is -0.317. The Bertz CT molecular complexity index is 754. The molecule has 5 nitrogen and oxygen atoms in total. The van der Waals surface area contributed by atoms with Crippen molar-refractivity contribution >= 4 is 11.6 Å². The van der Waals surface area contributed by atoms with Gasteiger partial charge in [0.15, 0.2) is 0 Å². The van der Waals surface area contributed by atoms with E-state index in [1.807, 2.05) is 19.9 Å². The molecular weight excluding hydrogens is 321 g/mol. The molecule has 0 aliphatic heterocycles. The summed E-state index contributed by atoms with van der Waals surface area (Å²) in [6.45, 7) is 3.72. The number of rotatable bonds is 5. The van der Waals surface area contributed by atoms with Crippen molar-refractivity contribution in [3.63, 3.8) is 0 Å². The normalized spacial score (nSPS) is 11.2. The number of nitrogens with zero attached hydrogens (tertiary/aromatic N) is 3. The molecule has 0 saturated heterocycles. The van der Waals surface area contributed by atoms with Crippen molar-refractivity contribution in [1.82, 2.24) is 9.97 Å². The molecule has 0 radical (unpaired) electrons. The summed E-state index contributed by atoms with van der Waals surface area (Å²) in [5.74, 6) is -0.579. The second kappa shape index (κ2) is 7.17. The van der Waals surface area contributed by atoms with Crippen LogP contribution < -0.4 is 10.1 Å². The number of aromatic nitrogens is 2. The quantitative estimate of drug-likeness (QED) is 0.888. The Kier molecular flexibility index (Phi) is 5.24. The summed E-state index contributed by atoms with van der Waals surface area (Å²) in [7, 11) is 0. The molecule has 0 amide bonds. The van der Waals surface area contributed by atoms with Crippen molar-refractivity contribution in [2.45, 2.75) is 20.0 Å². The van der Waals surface area contributed by atoms with Crippen molar-refractivity contribution < 1.29 is 17.9 Å². The Morgan fingerprint density at radius 2 is 2.00 bits per heavy atom. The standard InChI is InChI=1S/C16H15F3N4O/c1-10(2)9-24-14-12(16(17,18)19)8-21-15(23-14)22-13-6-4-3-5-11(13)7-20/h3-6,8,10H,9H2,1-2H3,(H,21,22,23). The second-order valence-corrected chi connectivity index (χ2v) is 5.40. The molecule has 0 aliphatic rings. The largest absolute Gasteiger partial charge is 0.477 e. The maximum Gasteiger partial charge on any atom is 0.423 e. The lowest BCUT2D eigenvalue weighted by atomic mass is 10.2. The minimum absolute atomic E-state index is 0.0387. The zero-order valence-corrected chi connectivity index (χ0v) is 13.1. The van der Waals surface area contributed by atoms with E-state index in [0.717, 1.165) is 0 Å². The lowest BCUT2D eigenvalue weighted by molar-refractivity contribution is -0.139. The van der Waals surface area contributed by atoms with Gasteiger partial charge in [-0.3, -0.25) is 0 Å². The Labute approximate surface area is 137 Å². The van der Waals surface area contributed by atoms with E-state index in [-0.39, 0.29) is 18.5 Å². The molecule has 0 fully saturated rings. The first kappa shape index (κ1) is 17.5. The predicted molar refractivity (Wildman–Crippen MR) is 81.8 cm³/mol. The number of hydrogen-bond donors (Lipinski definition) is 1. The van der Waals surface area contributed by atoms with E-state index in [4.69, 9.17) is 10.00 Å². The zero-order valence-electron chi connectivity index (χ0n) is 13.1. The van der Waals surface area contributed by atoms with Crippen molar-refractivity contribution in [1.29, 1.82) is 5.26 Å². The molecule has 0 atom stereocenters. The number of alkyl halides is 3. The topological polar surface area (TPSA) is 70.8 Å². The smallest absolute Gasteiger partial charge is 0.423 e. The van der Waals surface area contributed by atoms with Gasteiger partial charge in [0.25, 0.3) is 0 Å². The molecule has 126 valence electrons. The fraction of sp³-hybridized carbons (Fsp3) is 0.312. The van der Waals surface area contributed by atoms with Gasteiger partial charge in [0.05, 0.1) is 17.9 Å². The molecule has 1 N–H and O–H groups in total. The van der Waals surface area contributed by atoms with Gasteiger partial charge in [-0.2, -0.15) is 23.4 Å². The molecule has 2 aromatic rings. The number of benzene rings is 1. The number of anilines is 2. The summed E-state index contributed by atoms with van der Waals surface area (Å²) in [5, 5.41) is 11.8. The Morgan fingerprint density at radius 1 is 1.29 bits per heavy atom. The van der Waals surface area contributed by atoms with Crippen LogP contribution in [-0.2, 0) is 6.18 Å². The number of halogens is 3. The van der Waals surface area contributed by atoms with Crippen LogP contribution in [0.1, 0.15) is 25.0 Å². The molecule has 1 aromatic heterocycles. The van der Waals surface area contributed by atoms with Crippen LogP contribution in [0.4, 0.5) is 24.8 Å². The molecule has 2 rings (SSSR count). The molecule has 24 heavy (non-hydrogen) atoms. The van der Waals surface area contributed by atoms with Crippen LogP contribution in [0, 0.1) is 17.2 Å². The maximum atomic E-state index is 13.0. The third kappa shape index (κ3) is 4.35. The predicted octanol–water partition coefficient (Wildman–Crippen LogP) is 4.15. The van der Waals surface area contributed by atoms with Gasteiger partial charge in [0, 0.05) is 6.20 Å². The van der Waals surface area contributed by atoms with E-state index >= 15 is 0 Å².